The second kappa shape index (κ2) is 8.02. The van der Waals surface area contributed by atoms with Gasteiger partial charge in [0.15, 0.2) is 0 Å². The molecule has 0 aliphatic carbocycles. The molecule has 2 aromatic heterocycles. The van der Waals surface area contributed by atoms with Gasteiger partial charge in [-0.05, 0) is 37.6 Å². The Morgan fingerprint density at radius 3 is 2.71 bits per heavy atom. The standard InChI is InChI=1S/C20H21F2N5O/c1-14-18(25-19(28-14)16-12-15(21)4-5-17(16)22)13-26-8-3-9-27(11-10-26)20-23-6-2-7-24-20/h2,4-7,12H,3,8-11,13H2,1H3. The summed E-state index contributed by atoms with van der Waals surface area (Å²) < 4.78 is 33.1. The number of nitrogens with zero attached hydrogens (tertiary/aromatic N) is 5. The highest BCUT2D eigenvalue weighted by atomic mass is 19.1. The fraction of sp³-hybridized carbons (Fsp3) is 0.350. The van der Waals surface area contributed by atoms with Crippen molar-refractivity contribution in [3.05, 3.63) is 59.7 Å². The Hall–Kier alpha value is -2.87. The summed E-state index contributed by atoms with van der Waals surface area (Å²) in [6.45, 7) is 5.82. The quantitative estimate of drug-likeness (QED) is 0.686. The van der Waals surface area contributed by atoms with Gasteiger partial charge in [0, 0.05) is 45.1 Å². The van der Waals surface area contributed by atoms with Crippen molar-refractivity contribution in [1.82, 2.24) is 19.9 Å². The maximum Gasteiger partial charge on any atom is 0.229 e. The van der Waals surface area contributed by atoms with Gasteiger partial charge in [0.05, 0.1) is 11.3 Å². The lowest BCUT2D eigenvalue weighted by Gasteiger charge is -2.21. The highest BCUT2D eigenvalue weighted by molar-refractivity contribution is 5.54. The van der Waals surface area contributed by atoms with Crippen LogP contribution >= 0.6 is 0 Å². The molecular formula is C20H21F2N5O. The Balaban J connectivity index is 1.46. The van der Waals surface area contributed by atoms with Crippen LogP contribution in [0.15, 0.2) is 41.1 Å². The monoisotopic (exact) mass is 385 g/mol. The van der Waals surface area contributed by atoms with Gasteiger partial charge in [-0.25, -0.2) is 23.7 Å². The zero-order chi connectivity index (χ0) is 19.5. The Morgan fingerprint density at radius 1 is 1.07 bits per heavy atom. The highest BCUT2D eigenvalue weighted by Crippen LogP contribution is 2.26. The van der Waals surface area contributed by atoms with E-state index in [4.69, 9.17) is 4.42 Å². The van der Waals surface area contributed by atoms with Crippen LogP contribution in [-0.4, -0.2) is 46.0 Å². The largest absolute Gasteiger partial charge is 0.441 e. The number of hydrogen-bond donors (Lipinski definition) is 0. The van der Waals surface area contributed by atoms with Gasteiger partial charge in [-0.2, -0.15) is 0 Å². The summed E-state index contributed by atoms with van der Waals surface area (Å²) in [5, 5.41) is 0. The lowest BCUT2D eigenvalue weighted by molar-refractivity contribution is 0.281. The van der Waals surface area contributed by atoms with E-state index >= 15 is 0 Å². The van der Waals surface area contributed by atoms with E-state index in [0.29, 0.717) is 12.3 Å². The van der Waals surface area contributed by atoms with Gasteiger partial charge in [0.1, 0.15) is 17.4 Å². The predicted octanol–water partition coefficient (Wildman–Crippen LogP) is 3.43. The molecular weight excluding hydrogens is 364 g/mol. The van der Waals surface area contributed by atoms with Crippen LogP contribution in [0.25, 0.3) is 11.5 Å². The van der Waals surface area contributed by atoms with Crippen molar-refractivity contribution in [1.29, 1.82) is 0 Å². The number of aromatic nitrogens is 3. The minimum atomic E-state index is -0.553. The third-order valence-electron chi connectivity index (χ3n) is 4.85. The summed E-state index contributed by atoms with van der Waals surface area (Å²) in [6, 6.07) is 5.07. The molecule has 1 aliphatic rings. The number of halogens is 2. The van der Waals surface area contributed by atoms with Crippen LogP contribution in [0.2, 0.25) is 0 Å². The Kier molecular flexibility index (Phi) is 5.29. The summed E-state index contributed by atoms with van der Waals surface area (Å²) >= 11 is 0. The SMILES string of the molecule is Cc1oc(-c2cc(F)ccc2F)nc1CN1CCCN(c2ncccn2)CC1. The van der Waals surface area contributed by atoms with E-state index in [1.807, 2.05) is 0 Å². The molecule has 0 atom stereocenters. The average molecular weight is 385 g/mol. The van der Waals surface area contributed by atoms with Crippen molar-refractivity contribution in [2.24, 2.45) is 0 Å². The van der Waals surface area contributed by atoms with E-state index in [9.17, 15) is 8.78 Å². The lowest BCUT2D eigenvalue weighted by Crippen LogP contribution is -2.31. The Bertz CT molecular complexity index is 947. The Labute approximate surface area is 161 Å². The third kappa shape index (κ3) is 4.01. The molecule has 0 spiro atoms. The van der Waals surface area contributed by atoms with Crippen LogP contribution in [0.4, 0.5) is 14.7 Å². The molecule has 28 heavy (non-hydrogen) atoms. The lowest BCUT2D eigenvalue weighted by atomic mass is 10.2. The van der Waals surface area contributed by atoms with Gasteiger partial charge >= 0.3 is 0 Å². The van der Waals surface area contributed by atoms with Crippen molar-refractivity contribution in [2.45, 2.75) is 19.9 Å². The maximum absolute atomic E-state index is 14.0. The molecule has 1 aromatic carbocycles. The first kappa shape index (κ1) is 18.5. The van der Waals surface area contributed by atoms with Crippen molar-refractivity contribution in [2.75, 3.05) is 31.1 Å². The molecule has 6 nitrogen and oxygen atoms in total. The Morgan fingerprint density at radius 2 is 1.89 bits per heavy atom. The maximum atomic E-state index is 14.0. The van der Waals surface area contributed by atoms with Crippen molar-refractivity contribution in [3.8, 4) is 11.5 Å². The van der Waals surface area contributed by atoms with E-state index in [2.05, 4.69) is 24.8 Å². The highest BCUT2D eigenvalue weighted by Gasteiger charge is 2.21. The zero-order valence-corrected chi connectivity index (χ0v) is 15.6. The van der Waals surface area contributed by atoms with Crippen LogP contribution in [-0.2, 0) is 6.54 Å². The minimum absolute atomic E-state index is 0.0395. The van der Waals surface area contributed by atoms with E-state index in [0.717, 1.165) is 62.4 Å². The summed E-state index contributed by atoms with van der Waals surface area (Å²) in [4.78, 5) is 17.5. The number of aryl methyl sites for hydroxylation is 1. The molecule has 4 rings (SSSR count). The summed E-state index contributed by atoms with van der Waals surface area (Å²) in [6.07, 6.45) is 4.47. The first-order chi connectivity index (χ1) is 13.6. The van der Waals surface area contributed by atoms with Gasteiger partial charge in [-0.1, -0.05) is 0 Å². The second-order valence-corrected chi connectivity index (χ2v) is 6.81. The zero-order valence-electron chi connectivity index (χ0n) is 15.6. The number of anilines is 1. The fourth-order valence-electron chi connectivity index (χ4n) is 3.35. The molecule has 146 valence electrons. The van der Waals surface area contributed by atoms with Gasteiger partial charge in [0.25, 0.3) is 0 Å². The summed E-state index contributed by atoms with van der Waals surface area (Å²) in [5.41, 5.74) is 0.778. The molecule has 1 saturated heterocycles. The topological polar surface area (TPSA) is 58.3 Å². The van der Waals surface area contributed by atoms with Crippen molar-refractivity contribution >= 4 is 5.95 Å². The van der Waals surface area contributed by atoms with Crippen LogP contribution in [0.1, 0.15) is 17.9 Å². The smallest absolute Gasteiger partial charge is 0.229 e. The molecule has 3 heterocycles. The van der Waals surface area contributed by atoms with E-state index in [1.165, 1.54) is 0 Å². The van der Waals surface area contributed by atoms with Crippen LogP contribution in [0, 0.1) is 18.6 Å². The van der Waals surface area contributed by atoms with E-state index in [1.54, 1.807) is 25.4 Å². The molecule has 0 radical (unpaired) electrons. The molecule has 3 aromatic rings. The van der Waals surface area contributed by atoms with E-state index in [-0.39, 0.29) is 11.5 Å². The van der Waals surface area contributed by atoms with Crippen molar-refractivity contribution < 1.29 is 13.2 Å². The number of benzene rings is 1. The van der Waals surface area contributed by atoms with Gasteiger partial charge in [0.2, 0.25) is 11.8 Å². The van der Waals surface area contributed by atoms with Gasteiger partial charge in [-0.15, -0.1) is 0 Å². The number of oxazole rings is 1. The number of rotatable bonds is 4. The molecule has 0 bridgehead atoms. The number of hydrogen-bond acceptors (Lipinski definition) is 6. The molecule has 0 saturated carbocycles. The summed E-state index contributed by atoms with van der Waals surface area (Å²) in [5.74, 6) is 0.391. The second-order valence-electron chi connectivity index (χ2n) is 6.81. The summed E-state index contributed by atoms with van der Waals surface area (Å²) in [7, 11) is 0. The van der Waals surface area contributed by atoms with Gasteiger partial charge in [-0.3, -0.25) is 4.90 Å². The fourth-order valence-corrected chi connectivity index (χ4v) is 3.35. The average Bonchev–Trinajstić information content (AvgIpc) is 2.90. The molecule has 0 unspecified atom stereocenters. The first-order valence-corrected chi connectivity index (χ1v) is 9.26. The molecule has 0 amide bonds. The predicted molar refractivity (Wildman–Crippen MR) is 101 cm³/mol. The van der Waals surface area contributed by atoms with Crippen LogP contribution in [0.3, 0.4) is 0 Å². The first-order valence-electron chi connectivity index (χ1n) is 9.26. The van der Waals surface area contributed by atoms with Crippen LogP contribution in [0.5, 0.6) is 0 Å². The molecule has 0 N–H and O–H groups in total. The van der Waals surface area contributed by atoms with Crippen molar-refractivity contribution in [3.63, 3.8) is 0 Å². The minimum Gasteiger partial charge on any atom is -0.441 e. The third-order valence-corrected chi connectivity index (χ3v) is 4.85. The molecule has 1 fully saturated rings. The van der Waals surface area contributed by atoms with E-state index < -0.39 is 11.6 Å². The van der Waals surface area contributed by atoms with Crippen LogP contribution < -0.4 is 4.90 Å². The normalized spacial score (nSPS) is 15.6. The molecule has 8 heteroatoms. The molecule has 1 aliphatic heterocycles. The van der Waals surface area contributed by atoms with Gasteiger partial charge < -0.3 is 9.32 Å².